The summed E-state index contributed by atoms with van der Waals surface area (Å²) in [5.74, 6) is 0.558. The second kappa shape index (κ2) is 7.47. The summed E-state index contributed by atoms with van der Waals surface area (Å²) in [5, 5.41) is 6.50. The minimum absolute atomic E-state index is 0.0911. The van der Waals surface area contributed by atoms with Crippen molar-refractivity contribution in [3.05, 3.63) is 65.5 Å². The van der Waals surface area contributed by atoms with Gasteiger partial charge in [-0.2, -0.15) is 0 Å². The van der Waals surface area contributed by atoms with Gasteiger partial charge in [-0.3, -0.25) is 4.79 Å². The van der Waals surface area contributed by atoms with Gasteiger partial charge in [0.2, 0.25) is 5.91 Å². The smallest absolute Gasteiger partial charge is 0.230 e. The van der Waals surface area contributed by atoms with Gasteiger partial charge in [-0.15, -0.1) is 23.1 Å². The molecule has 0 fully saturated rings. The third-order valence-electron chi connectivity index (χ3n) is 3.39. The Morgan fingerprint density at radius 2 is 1.82 bits per heavy atom. The Hall–Kier alpha value is -1.78. The van der Waals surface area contributed by atoms with Crippen LogP contribution >= 0.6 is 23.1 Å². The third-order valence-corrected chi connectivity index (χ3v) is 5.42. The lowest BCUT2D eigenvalue weighted by molar-refractivity contribution is -0.118. The Morgan fingerprint density at radius 3 is 2.68 bits per heavy atom. The van der Waals surface area contributed by atoms with Crippen molar-refractivity contribution >= 4 is 39.1 Å². The molecule has 0 saturated carbocycles. The van der Waals surface area contributed by atoms with E-state index in [2.05, 4.69) is 35.0 Å². The summed E-state index contributed by atoms with van der Waals surface area (Å²) < 4.78 is 1.31. The van der Waals surface area contributed by atoms with Gasteiger partial charge in [0, 0.05) is 16.1 Å². The van der Waals surface area contributed by atoms with E-state index >= 15 is 0 Å². The number of amides is 1. The zero-order valence-electron chi connectivity index (χ0n) is 12.1. The van der Waals surface area contributed by atoms with Crippen LogP contribution in [0.1, 0.15) is 5.56 Å². The van der Waals surface area contributed by atoms with Crippen molar-refractivity contribution in [1.82, 2.24) is 5.32 Å². The number of carbonyl (C=O) groups excluding carboxylic acids is 1. The number of thioether (sulfide) groups is 1. The maximum absolute atomic E-state index is 11.9. The van der Waals surface area contributed by atoms with Crippen molar-refractivity contribution in [3.8, 4) is 0 Å². The number of hydrogen-bond donors (Lipinski definition) is 1. The van der Waals surface area contributed by atoms with Crippen LogP contribution in [-0.4, -0.2) is 18.2 Å². The zero-order chi connectivity index (χ0) is 15.2. The van der Waals surface area contributed by atoms with Gasteiger partial charge in [0.15, 0.2) is 0 Å². The molecule has 22 heavy (non-hydrogen) atoms. The standard InChI is InChI=1S/C18H17NOS2/c20-18(13-21-15-6-2-1-3-7-15)19-11-10-14-12-22-17-9-5-4-8-16(14)17/h1-9,12H,10-11,13H2,(H,19,20). The fraction of sp³-hybridized carbons (Fsp3) is 0.167. The summed E-state index contributed by atoms with van der Waals surface area (Å²) in [6.07, 6.45) is 0.881. The van der Waals surface area contributed by atoms with Crippen LogP contribution in [0.5, 0.6) is 0 Å². The normalized spacial score (nSPS) is 10.7. The molecule has 112 valence electrons. The Labute approximate surface area is 138 Å². The number of carbonyl (C=O) groups is 1. The molecular formula is C18H17NOS2. The van der Waals surface area contributed by atoms with Gasteiger partial charge in [0.25, 0.3) is 0 Å². The predicted molar refractivity (Wildman–Crippen MR) is 95.7 cm³/mol. The summed E-state index contributed by atoms with van der Waals surface area (Å²) in [7, 11) is 0. The van der Waals surface area contributed by atoms with Crippen molar-refractivity contribution in [2.45, 2.75) is 11.3 Å². The van der Waals surface area contributed by atoms with E-state index in [4.69, 9.17) is 0 Å². The minimum Gasteiger partial charge on any atom is -0.355 e. The van der Waals surface area contributed by atoms with Crippen molar-refractivity contribution in [2.75, 3.05) is 12.3 Å². The van der Waals surface area contributed by atoms with Crippen molar-refractivity contribution < 1.29 is 4.79 Å². The first kappa shape index (κ1) is 15.1. The van der Waals surface area contributed by atoms with Gasteiger partial charge in [-0.1, -0.05) is 36.4 Å². The molecule has 0 saturated heterocycles. The number of rotatable bonds is 6. The predicted octanol–water partition coefficient (Wildman–Crippen LogP) is 4.35. The van der Waals surface area contributed by atoms with Crippen LogP contribution in [0.15, 0.2) is 64.9 Å². The maximum atomic E-state index is 11.9. The lowest BCUT2D eigenvalue weighted by atomic mass is 10.1. The molecule has 1 aromatic heterocycles. The first-order chi connectivity index (χ1) is 10.8. The van der Waals surface area contributed by atoms with Gasteiger partial charge >= 0.3 is 0 Å². The molecule has 1 N–H and O–H groups in total. The third kappa shape index (κ3) is 3.90. The number of benzene rings is 2. The van der Waals surface area contributed by atoms with E-state index in [1.54, 1.807) is 23.1 Å². The van der Waals surface area contributed by atoms with Gasteiger partial charge in [-0.25, -0.2) is 0 Å². The van der Waals surface area contributed by atoms with Crippen LogP contribution in [0.3, 0.4) is 0 Å². The average molecular weight is 327 g/mol. The molecule has 3 rings (SSSR count). The quantitative estimate of drug-likeness (QED) is 0.682. The van der Waals surface area contributed by atoms with Crippen LogP contribution < -0.4 is 5.32 Å². The molecule has 0 unspecified atom stereocenters. The molecule has 2 aromatic carbocycles. The minimum atomic E-state index is 0.0911. The van der Waals surface area contributed by atoms with E-state index in [9.17, 15) is 4.79 Å². The number of fused-ring (bicyclic) bond motifs is 1. The Balaban J connectivity index is 1.45. The van der Waals surface area contributed by atoms with Gasteiger partial charge in [0.1, 0.15) is 0 Å². The first-order valence-corrected chi connectivity index (χ1v) is 9.09. The SMILES string of the molecule is O=C(CSc1ccccc1)NCCc1csc2ccccc12. The highest BCUT2D eigenvalue weighted by Crippen LogP contribution is 2.25. The monoisotopic (exact) mass is 327 g/mol. The van der Waals surface area contributed by atoms with Crippen LogP contribution in [0.25, 0.3) is 10.1 Å². The van der Waals surface area contributed by atoms with E-state index in [-0.39, 0.29) is 5.91 Å². The van der Waals surface area contributed by atoms with Crippen LogP contribution in [0.4, 0.5) is 0 Å². The number of hydrogen-bond acceptors (Lipinski definition) is 3. The highest BCUT2D eigenvalue weighted by Gasteiger charge is 2.05. The second-order valence-electron chi connectivity index (χ2n) is 4.96. The molecule has 0 aliphatic heterocycles. The fourth-order valence-electron chi connectivity index (χ4n) is 2.28. The summed E-state index contributed by atoms with van der Waals surface area (Å²) in [4.78, 5) is 13.0. The summed E-state index contributed by atoms with van der Waals surface area (Å²) in [6.45, 7) is 0.689. The largest absolute Gasteiger partial charge is 0.355 e. The van der Waals surface area contributed by atoms with Crippen molar-refractivity contribution in [2.24, 2.45) is 0 Å². The molecule has 1 heterocycles. The molecule has 0 radical (unpaired) electrons. The van der Waals surface area contributed by atoms with Crippen molar-refractivity contribution in [1.29, 1.82) is 0 Å². The van der Waals surface area contributed by atoms with E-state index in [1.807, 2.05) is 30.3 Å². The molecule has 0 aliphatic carbocycles. The van der Waals surface area contributed by atoms with Crippen molar-refractivity contribution in [3.63, 3.8) is 0 Å². The molecule has 0 aliphatic rings. The Kier molecular flexibility index (Phi) is 5.14. The molecular weight excluding hydrogens is 310 g/mol. The molecule has 1 amide bonds. The highest BCUT2D eigenvalue weighted by molar-refractivity contribution is 8.00. The van der Waals surface area contributed by atoms with E-state index < -0.39 is 0 Å². The summed E-state index contributed by atoms with van der Waals surface area (Å²) in [6, 6.07) is 18.4. The number of nitrogens with one attached hydrogen (secondary N) is 1. The van der Waals surface area contributed by atoms with Crippen LogP contribution in [-0.2, 0) is 11.2 Å². The summed E-state index contributed by atoms with van der Waals surface area (Å²) in [5.41, 5.74) is 1.32. The maximum Gasteiger partial charge on any atom is 0.230 e. The van der Waals surface area contributed by atoms with Gasteiger partial charge in [0.05, 0.1) is 5.75 Å². The topological polar surface area (TPSA) is 29.1 Å². The molecule has 4 heteroatoms. The molecule has 0 bridgehead atoms. The molecule has 2 nitrogen and oxygen atoms in total. The van der Waals surface area contributed by atoms with E-state index in [0.717, 1.165) is 11.3 Å². The van der Waals surface area contributed by atoms with Crippen LogP contribution in [0, 0.1) is 0 Å². The molecule has 0 atom stereocenters. The Morgan fingerprint density at radius 1 is 1.05 bits per heavy atom. The number of thiophene rings is 1. The van der Waals surface area contributed by atoms with E-state index in [0.29, 0.717) is 12.3 Å². The van der Waals surface area contributed by atoms with E-state index in [1.165, 1.54) is 15.6 Å². The first-order valence-electron chi connectivity index (χ1n) is 7.22. The second-order valence-corrected chi connectivity index (χ2v) is 6.92. The lowest BCUT2D eigenvalue weighted by Crippen LogP contribution is -2.27. The van der Waals surface area contributed by atoms with Crippen LogP contribution in [0.2, 0.25) is 0 Å². The summed E-state index contributed by atoms with van der Waals surface area (Å²) >= 11 is 3.33. The molecule has 0 spiro atoms. The zero-order valence-corrected chi connectivity index (χ0v) is 13.8. The highest BCUT2D eigenvalue weighted by atomic mass is 32.2. The molecule has 3 aromatic rings. The lowest BCUT2D eigenvalue weighted by Gasteiger charge is -2.05. The Bertz CT molecular complexity index is 752. The van der Waals surface area contributed by atoms with Gasteiger partial charge < -0.3 is 5.32 Å². The van der Waals surface area contributed by atoms with Gasteiger partial charge in [-0.05, 0) is 40.9 Å². The average Bonchev–Trinajstić information content (AvgIpc) is 2.97. The fourth-order valence-corrected chi connectivity index (χ4v) is 4.03.